The molecule has 2 aromatic rings. The lowest BCUT2D eigenvalue weighted by molar-refractivity contribution is 0.325. The van der Waals surface area contributed by atoms with Gasteiger partial charge in [0, 0.05) is 49.6 Å². The molecule has 6 heteroatoms. The molecule has 0 bridgehead atoms. The van der Waals surface area contributed by atoms with Crippen molar-refractivity contribution in [3.8, 4) is 0 Å². The van der Waals surface area contributed by atoms with Crippen molar-refractivity contribution < 1.29 is 0 Å². The van der Waals surface area contributed by atoms with E-state index in [1.807, 2.05) is 22.2 Å². The van der Waals surface area contributed by atoms with Crippen molar-refractivity contribution in [1.82, 2.24) is 20.1 Å². The largest absolute Gasteiger partial charge is 0.312 e. The Balaban J connectivity index is 1.53. The van der Waals surface area contributed by atoms with Crippen molar-refractivity contribution in [1.29, 1.82) is 0 Å². The van der Waals surface area contributed by atoms with E-state index in [0.717, 1.165) is 12.4 Å². The Kier molecular flexibility index (Phi) is 4.97. The van der Waals surface area contributed by atoms with Gasteiger partial charge < -0.3 is 9.62 Å². The van der Waals surface area contributed by atoms with Gasteiger partial charge in [0.2, 0.25) is 0 Å². The predicted octanol–water partition coefficient (Wildman–Crippen LogP) is 3.64. The van der Waals surface area contributed by atoms with Crippen LogP contribution in [-0.4, -0.2) is 33.4 Å². The van der Waals surface area contributed by atoms with Crippen LogP contribution in [0.5, 0.6) is 0 Å². The Morgan fingerprint density at radius 3 is 2.58 bits per heavy atom. The fourth-order valence-electron chi connectivity index (χ4n) is 4.51. The molecule has 1 unspecified atom stereocenters. The first-order valence-electron chi connectivity index (χ1n) is 9.72. The number of thiol groups is 1. The summed E-state index contributed by atoms with van der Waals surface area (Å²) >= 11 is 4.63. The molecule has 1 aliphatic heterocycles. The lowest BCUT2D eigenvalue weighted by Crippen LogP contribution is -2.37. The van der Waals surface area contributed by atoms with Crippen LogP contribution in [0, 0.1) is 0 Å². The number of hydrogen-bond acceptors (Lipinski definition) is 5. The first kappa shape index (κ1) is 17.9. The van der Waals surface area contributed by atoms with Crippen molar-refractivity contribution in [3.05, 3.63) is 41.3 Å². The molecule has 1 N–H and O–H groups in total. The molecule has 0 saturated heterocycles. The normalized spacial score (nSPS) is 25.7. The van der Waals surface area contributed by atoms with Crippen LogP contribution in [0.1, 0.15) is 68.1 Å². The van der Waals surface area contributed by atoms with E-state index in [4.69, 9.17) is 4.98 Å². The summed E-state index contributed by atoms with van der Waals surface area (Å²) in [5.74, 6) is 1.94. The molecular formula is C20H29N5S. The van der Waals surface area contributed by atoms with Crippen molar-refractivity contribution in [2.45, 2.75) is 63.5 Å². The van der Waals surface area contributed by atoms with Crippen LogP contribution in [0.2, 0.25) is 0 Å². The molecule has 0 radical (unpaired) electrons. The monoisotopic (exact) mass is 371 g/mol. The average Bonchev–Trinajstić information content (AvgIpc) is 3.18. The number of pyridine rings is 1. The Morgan fingerprint density at radius 2 is 1.92 bits per heavy atom. The van der Waals surface area contributed by atoms with Crippen LogP contribution in [0.3, 0.4) is 0 Å². The third-order valence-corrected chi connectivity index (χ3v) is 6.14. The minimum Gasteiger partial charge on any atom is -0.312 e. The van der Waals surface area contributed by atoms with Gasteiger partial charge in [-0.15, -0.1) is 0 Å². The van der Waals surface area contributed by atoms with Gasteiger partial charge in [0.15, 0.2) is 0 Å². The number of rotatable bonds is 4. The zero-order chi connectivity index (χ0) is 18.3. The maximum atomic E-state index is 4.77. The van der Waals surface area contributed by atoms with Gasteiger partial charge in [-0.25, -0.2) is 4.98 Å². The lowest BCUT2D eigenvalue weighted by atomic mass is 9.81. The van der Waals surface area contributed by atoms with Crippen LogP contribution in [0.25, 0.3) is 0 Å². The Bertz CT molecular complexity index is 763. The summed E-state index contributed by atoms with van der Waals surface area (Å²) in [4.78, 5) is 4.77. The predicted molar refractivity (Wildman–Crippen MR) is 109 cm³/mol. The number of fused-ring (bicyclic) bond motifs is 1. The third kappa shape index (κ3) is 3.49. The number of aromatic nitrogens is 3. The molecule has 0 spiro atoms. The fraction of sp³-hybridized carbons (Fsp3) is 0.600. The quantitative estimate of drug-likeness (QED) is 0.806. The molecule has 2 aliphatic rings. The number of nitrogens with zero attached hydrogens (tertiary/aromatic N) is 4. The molecule has 1 saturated carbocycles. The fourth-order valence-corrected chi connectivity index (χ4v) is 4.84. The maximum absolute atomic E-state index is 4.77. The van der Waals surface area contributed by atoms with Gasteiger partial charge in [0.25, 0.3) is 0 Å². The van der Waals surface area contributed by atoms with Gasteiger partial charge in [-0.05, 0) is 48.8 Å². The van der Waals surface area contributed by atoms with Gasteiger partial charge in [-0.1, -0.05) is 26.7 Å². The lowest BCUT2D eigenvalue weighted by Gasteiger charge is -2.31. The maximum Gasteiger partial charge on any atom is 0.142 e. The third-order valence-electron chi connectivity index (χ3n) is 5.79. The second-order valence-corrected chi connectivity index (χ2v) is 8.62. The molecule has 140 valence electrons. The highest BCUT2D eigenvalue weighted by atomic mass is 32.1. The zero-order valence-electron chi connectivity index (χ0n) is 15.9. The van der Waals surface area contributed by atoms with E-state index in [-0.39, 0.29) is 0 Å². The van der Waals surface area contributed by atoms with Crippen LogP contribution in [0.4, 0.5) is 5.82 Å². The molecule has 1 atom stereocenters. The minimum absolute atomic E-state index is 0.308. The van der Waals surface area contributed by atoms with E-state index in [1.54, 1.807) is 0 Å². The van der Waals surface area contributed by atoms with E-state index >= 15 is 0 Å². The van der Waals surface area contributed by atoms with Crippen molar-refractivity contribution >= 4 is 18.6 Å². The minimum atomic E-state index is 0.308. The Hall–Kier alpha value is -1.53. The molecular weight excluding hydrogens is 342 g/mol. The van der Waals surface area contributed by atoms with Gasteiger partial charge in [0.05, 0.1) is 6.20 Å². The molecule has 0 aromatic carbocycles. The zero-order valence-corrected chi connectivity index (χ0v) is 16.8. The summed E-state index contributed by atoms with van der Waals surface area (Å²) in [6.07, 6.45) is 11.2. The van der Waals surface area contributed by atoms with Crippen LogP contribution >= 0.6 is 12.8 Å². The highest BCUT2D eigenvalue weighted by molar-refractivity contribution is 7.81. The molecule has 1 fully saturated rings. The standard InChI is InChI=1S/C20H29N5S/c1-13(2)23-17-6-4-14(5-7-17)15-8-18-19(16-10-22-24(3)11-16)12-25(26)20(18)21-9-15/h8-11,13-14,17,19,23,26H,4-7,12H2,1-3H3/t14-,17-,19?. The number of aryl methyl sites for hydroxylation is 1. The summed E-state index contributed by atoms with van der Waals surface area (Å²) in [6.45, 7) is 5.32. The summed E-state index contributed by atoms with van der Waals surface area (Å²) in [6, 6.07) is 3.63. The van der Waals surface area contributed by atoms with Crippen molar-refractivity contribution in [2.24, 2.45) is 7.05 Å². The second kappa shape index (κ2) is 7.24. The Morgan fingerprint density at radius 1 is 1.15 bits per heavy atom. The number of nitrogens with one attached hydrogen (secondary N) is 1. The van der Waals surface area contributed by atoms with E-state index < -0.39 is 0 Å². The SMILES string of the molecule is CC(C)N[C@H]1CC[C@H](c2cnc3c(c2)C(c2cnn(C)c2)CN3S)CC1. The second-order valence-electron chi connectivity index (χ2n) is 8.13. The average molecular weight is 372 g/mol. The first-order chi connectivity index (χ1) is 12.5. The molecule has 26 heavy (non-hydrogen) atoms. The van der Waals surface area contributed by atoms with Crippen LogP contribution in [0.15, 0.2) is 24.7 Å². The summed E-state index contributed by atoms with van der Waals surface area (Å²) < 4.78 is 3.84. The Labute approximate surface area is 161 Å². The van der Waals surface area contributed by atoms with E-state index in [2.05, 4.69) is 55.5 Å². The van der Waals surface area contributed by atoms with Crippen LogP contribution in [-0.2, 0) is 7.05 Å². The van der Waals surface area contributed by atoms with Crippen molar-refractivity contribution in [3.63, 3.8) is 0 Å². The van der Waals surface area contributed by atoms with Gasteiger partial charge in [-0.3, -0.25) is 4.68 Å². The summed E-state index contributed by atoms with van der Waals surface area (Å²) in [5, 5.41) is 8.04. The van der Waals surface area contributed by atoms with Gasteiger partial charge >= 0.3 is 0 Å². The van der Waals surface area contributed by atoms with Crippen molar-refractivity contribution in [2.75, 3.05) is 10.8 Å². The van der Waals surface area contributed by atoms with Gasteiger partial charge in [-0.2, -0.15) is 5.10 Å². The molecule has 1 aliphatic carbocycles. The topological polar surface area (TPSA) is 46.0 Å². The highest BCUT2D eigenvalue weighted by Gasteiger charge is 2.32. The van der Waals surface area contributed by atoms with Gasteiger partial charge in [0.1, 0.15) is 5.82 Å². The molecule has 4 rings (SSSR count). The van der Waals surface area contributed by atoms with E-state index in [1.165, 1.54) is 42.4 Å². The summed E-state index contributed by atoms with van der Waals surface area (Å²) in [7, 11) is 1.97. The van der Waals surface area contributed by atoms with E-state index in [9.17, 15) is 0 Å². The number of anilines is 1. The van der Waals surface area contributed by atoms with E-state index in [0.29, 0.717) is 23.9 Å². The number of hydrogen-bond donors (Lipinski definition) is 2. The summed E-state index contributed by atoms with van der Waals surface area (Å²) in [5.41, 5.74) is 3.94. The van der Waals surface area contributed by atoms with Crippen LogP contribution < -0.4 is 9.62 Å². The first-order valence-corrected chi connectivity index (χ1v) is 10.1. The molecule has 0 amide bonds. The molecule has 2 aromatic heterocycles. The smallest absolute Gasteiger partial charge is 0.142 e. The highest BCUT2D eigenvalue weighted by Crippen LogP contribution is 2.42. The molecule has 5 nitrogen and oxygen atoms in total. The molecule has 3 heterocycles.